The van der Waals surface area contributed by atoms with Gasteiger partial charge < -0.3 is 4.90 Å². The molecule has 8 heteroatoms. The van der Waals surface area contributed by atoms with Crippen LogP contribution in [0.5, 0.6) is 0 Å². The minimum absolute atomic E-state index is 0.133. The van der Waals surface area contributed by atoms with Crippen molar-refractivity contribution < 1.29 is 18.8 Å². The Bertz CT molecular complexity index is 1420. The summed E-state index contributed by atoms with van der Waals surface area (Å²) in [5, 5.41) is 2.36. The normalized spacial score (nSPS) is 20.3. The molecule has 3 heterocycles. The molecule has 2 fully saturated rings. The summed E-state index contributed by atoms with van der Waals surface area (Å²) in [6, 6.07) is 20.4. The van der Waals surface area contributed by atoms with Crippen LogP contribution in [0.4, 0.5) is 4.39 Å². The Morgan fingerprint density at radius 3 is 2.28 bits per heavy atom. The second-order valence-electron chi connectivity index (χ2n) is 10.6. The highest BCUT2D eigenvalue weighted by molar-refractivity contribution is 6.05. The molecule has 0 saturated carbocycles. The zero-order valence-electron chi connectivity index (χ0n) is 21.7. The number of nitrogens with one attached hydrogen (secondary N) is 1. The molecule has 3 aromatic carbocycles. The number of amides is 3. The Morgan fingerprint density at radius 1 is 0.821 bits per heavy atom. The highest BCUT2D eigenvalue weighted by Crippen LogP contribution is 2.29. The Morgan fingerprint density at radius 2 is 1.54 bits per heavy atom. The van der Waals surface area contributed by atoms with Crippen molar-refractivity contribution in [2.45, 2.75) is 38.5 Å². The van der Waals surface area contributed by atoms with Gasteiger partial charge in [0.2, 0.25) is 11.8 Å². The van der Waals surface area contributed by atoms with Gasteiger partial charge in [0.1, 0.15) is 11.9 Å². The fraction of sp³-hybridized carbons (Fsp3) is 0.323. The Kier molecular flexibility index (Phi) is 6.97. The first-order valence-corrected chi connectivity index (χ1v) is 13.5. The molecule has 39 heavy (non-hydrogen) atoms. The van der Waals surface area contributed by atoms with E-state index in [1.165, 1.54) is 17.7 Å². The molecular formula is C31H31FN4O3. The van der Waals surface area contributed by atoms with Crippen LogP contribution in [0.3, 0.4) is 0 Å². The van der Waals surface area contributed by atoms with Gasteiger partial charge in [-0.1, -0.05) is 48.5 Å². The molecule has 1 atom stereocenters. The van der Waals surface area contributed by atoms with Gasteiger partial charge in [0.25, 0.3) is 5.91 Å². The smallest absolute Gasteiger partial charge is 0.255 e. The fourth-order valence-corrected chi connectivity index (χ4v) is 5.87. The van der Waals surface area contributed by atoms with Gasteiger partial charge in [0, 0.05) is 57.8 Å². The molecule has 0 aromatic heterocycles. The molecule has 0 spiro atoms. The van der Waals surface area contributed by atoms with Gasteiger partial charge in [-0.2, -0.15) is 0 Å². The van der Waals surface area contributed by atoms with Crippen molar-refractivity contribution >= 4 is 17.7 Å². The maximum atomic E-state index is 13.4. The third-order valence-corrected chi connectivity index (χ3v) is 8.03. The van der Waals surface area contributed by atoms with E-state index in [4.69, 9.17) is 0 Å². The van der Waals surface area contributed by atoms with Crippen molar-refractivity contribution in [3.8, 4) is 11.1 Å². The van der Waals surface area contributed by atoms with Gasteiger partial charge in [-0.15, -0.1) is 0 Å². The van der Waals surface area contributed by atoms with Crippen LogP contribution in [-0.4, -0.2) is 64.6 Å². The fourth-order valence-electron chi connectivity index (χ4n) is 5.87. The first-order valence-electron chi connectivity index (χ1n) is 13.5. The maximum Gasteiger partial charge on any atom is 0.255 e. The van der Waals surface area contributed by atoms with E-state index < -0.39 is 6.04 Å². The summed E-state index contributed by atoms with van der Waals surface area (Å²) in [5.41, 5.74) is 6.06. The van der Waals surface area contributed by atoms with Gasteiger partial charge in [-0.05, 0) is 52.4 Å². The van der Waals surface area contributed by atoms with E-state index in [1.807, 2.05) is 30.3 Å². The van der Waals surface area contributed by atoms with Gasteiger partial charge in [0.15, 0.2) is 0 Å². The van der Waals surface area contributed by atoms with Crippen LogP contribution in [-0.2, 0) is 29.2 Å². The summed E-state index contributed by atoms with van der Waals surface area (Å²) in [7, 11) is 0. The minimum Gasteiger partial charge on any atom is -0.322 e. The molecule has 200 valence electrons. The number of fused-ring (bicyclic) bond motifs is 1. The highest BCUT2D eigenvalue weighted by Gasteiger charge is 2.39. The third kappa shape index (κ3) is 5.35. The average Bonchev–Trinajstić information content (AvgIpc) is 3.26. The maximum absolute atomic E-state index is 13.4. The summed E-state index contributed by atoms with van der Waals surface area (Å²) in [4.78, 5) is 43.4. The number of hydrogen-bond donors (Lipinski definition) is 1. The lowest BCUT2D eigenvalue weighted by Gasteiger charge is -2.35. The van der Waals surface area contributed by atoms with Crippen molar-refractivity contribution in [1.29, 1.82) is 0 Å². The van der Waals surface area contributed by atoms with Crippen molar-refractivity contribution in [3.63, 3.8) is 0 Å². The van der Waals surface area contributed by atoms with Gasteiger partial charge >= 0.3 is 0 Å². The van der Waals surface area contributed by atoms with Crippen LogP contribution >= 0.6 is 0 Å². The quantitative estimate of drug-likeness (QED) is 0.498. The van der Waals surface area contributed by atoms with Crippen molar-refractivity contribution in [3.05, 3.63) is 94.8 Å². The number of hydrogen-bond acceptors (Lipinski definition) is 5. The van der Waals surface area contributed by atoms with Gasteiger partial charge in [-0.25, -0.2) is 4.39 Å². The van der Waals surface area contributed by atoms with Gasteiger partial charge in [-0.3, -0.25) is 29.5 Å². The van der Waals surface area contributed by atoms with Crippen molar-refractivity contribution in [1.82, 2.24) is 20.0 Å². The summed E-state index contributed by atoms with van der Waals surface area (Å²) in [6.45, 7) is 5.72. The van der Waals surface area contributed by atoms with Crippen LogP contribution in [0.15, 0.2) is 66.7 Å². The second-order valence-corrected chi connectivity index (χ2v) is 10.6. The highest BCUT2D eigenvalue weighted by atomic mass is 19.1. The molecule has 3 aromatic rings. The van der Waals surface area contributed by atoms with Crippen LogP contribution in [0.2, 0.25) is 0 Å². The van der Waals surface area contributed by atoms with E-state index >= 15 is 0 Å². The Labute approximate surface area is 227 Å². The third-order valence-electron chi connectivity index (χ3n) is 8.03. The van der Waals surface area contributed by atoms with Crippen molar-refractivity contribution in [2.24, 2.45) is 0 Å². The Balaban J connectivity index is 1.06. The van der Waals surface area contributed by atoms with Gasteiger partial charge in [0.05, 0.1) is 0 Å². The number of halogens is 1. The molecule has 7 nitrogen and oxygen atoms in total. The zero-order valence-corrected chi connectivity index (χ0v) is 21.7. The molecular weight excluding hydrogens is 495 g/mol. The number of piperidine rings is 1. The number of imide groups is 1. The molecule has 0 bridgehead atoms. The van der Waals surface area contributed by atoms with Crippen LogP contribution in [0.25, 0.3) is 11.1 Å². The number of rotatable bonds is 6. The molecule has 2 saturated heterocycles. The predicted molar refractivity (Wildman–Crippen MR) is 145 cm³/mol. The second kappa shape index (κ2) is 10.7. The number of carbonyl (C=O) groups is 3. The largest absolute Gasteiger partial charge is 0.322 e. The van der Waals surface area contributed by atoms with Crippen molar-refractivity contribution in [2.75, 3.05) is 26.2 Å². The average molecular weight is 527 g/mol. The number of carbonyl (C=O) groups excluding carboxylic acids is 3. The SMILES string of the molecule is O=C1CCC(N2Cc3ccc(CN4CCN(Cc5ccccc5-c5ccc(F)cc5)CC4)cc3C2=O)C(=O)N1. The lowest BCUT2D eigenvalue weighted by atomic mass is 9.99. The van der Waals surface area contributed by atoms with Crippen LogP contribution in [0, 0.1) is 5.82 Å². The molecule has 1 unspecified atom stereocenters. The number of piperazine rings is 1. The van der Waals surface area contributed by atoms with E-state index in [0.717, 1.165) is 61.5 Å². The molecule has 0 aliphatic carbocycles. The molecule has 3 amide bonds. The van der Waals surface area contributed by atoms with E-state index in [0.29, 0.717) is 18.5 Å². The predicted octanol–water partition coefficient (Wildman–Crippen LogP) is 3.57. The van der Waals surface area contributed by atoms with E-state index in [2.05, 4.69) is 39.4 Å². The zero-order chi connectivity index (χ0) is 26.9. The molecule has 6 rings (SSSR count). The topological polar surface area (TPSA) is 73.0 Å². The van der Waals surface area contributed by atoms with E-state index in [1.54, 1.807) is 4.90 Å². The monoisotopic (exact) mass is 526 g/mol. The number of benzene rings is 3. The lowest BCUT2D eigenvalue weighted by Crippen LogP contribution is -2.52. The summed E-state index contributed by atoms with van der Waals surface area (Å²) < 4.78 is 13.4. The molecule has 3 aliphatic rings. The Hall–Kier alpha value is -3.88. The lowest BCUT2D eigenvalue weighted by molar-refractivity contribution is -0.136. The minimum atomic E-state index is -0.590. The standard InChI is InChI=1S/C31H31FN4O3/c32-25-9-7-22(8-10-25)26-4-2-1-3-23(26)19-35-15-13-34(14-16-35)18-21-5-6-24-20-36(31(39)27(24)17-21)28-11-12-29(37)33-30(28)38/h1-10,17,28H,11-16,18-20H2,(H,33,37,38). The summed E-state index contributed by atoms with van der Waals surface area (Å²) in [5.74, 6) is -1.02. The summed E-state index contributed by atoms with van der Waals surface area (Å²) >= 11 is 0. The van der Waals surface area contributed by atoms with E-state index in [9.17, 15) is 18.8 Å². The molecule has 1 N–H and O–H groups in total. The first-order chi connectivity index (χ1) is 18.9. The van der Waals surface area contributed by atoms with Crippen LogP contribution < -0.4 is 5.32 Å². The first kappa shape index (κ1) is 25.4. The van der Waals surface area contributed by atoms with Crippen LogP contribution in [0.1, 0.15) is 39.9 Å². The number of nitrogens with zero attached hydrogens (tertiary/aromatic N) is 3. The summed E-state index contributed by atoms with van der Waals surface area (Å²) in [6.07, 6.45) is 0.626. The molecule has 3 aliphatic heterocycles. The molecule has 0 radical (unpaired) electrons. The van der Waals surface area contributed by atoms with E-state index in [-0.39, 0.29) is 30.0 Å².